The van der Waals surface area contributed by atoms with Crippen molar-refractivity contribution in [3.63, 3.8) is 0 Å². The Hall–Kier alpha value is -2.82. The van der Waals surface area contributed by atoms with Crippen LogP contribution in [0.2, 0.25) is 0 Å². The van der Waals surface area contributed by atoms with Gasteiger partial charge in [-0.05, 0) is 42.5 Å². The van der Waals surface area contributed by atoms with Gasteiger partial charge in [-0.3, -0.25) is 4.79 Å². The van der Waals surface area contributed by atoms with Crippen LogP contribution in [-0.2, 0) is 27.2 Å². The molecule has 1 atom stereocenters. The maximum absolute atomic E-state index is 12.0. The first-order valence-corrected chi connectivity index (χ1v) is 7.92. The molecule has 1 amide bonds. The Labute approximate surface area is 140 Å². The number of carbonyl (C=O) groups excluding carboxylic acids is 2. The van der Waals surface area contributed by atoms with E-state index in [0.717, 1.165) is 19.3 Å². The second kappa shape index (κ2) is 7.17. The fraction of sp³-hybridized carbons (Fsp3) is 0.263. The minimum atomic E-state index is -1.11. The Kier molecular flexibility index (Phi) is 4.79. The van der Waals surface area contributed by atoms with Crippen molar-refractivity contribution in [2.24, 2.45) is 5.73 Å². The smallest absolute Gasteiger partial charge is 0.345 e. The van der Waals surface area contributed by atoms with Crippen LogP contribution < -0.4 is 10.5 Å². The summed E-state index contributed by atoms with van der Waals surface area (Å²) in [5.41, 5.74) is 8.47. The number of amides is 1. The topological polar surface area (TPSA) is 78.6 Å². The van der Waals surface area contributed by atoms with Crippen LogP contribution in [0.1, 0.15) is 29.2 Å². The Morgan fingerprint density at radius 1 is 1.04 bits per heavy atom. The molecule has 24 heavy (non-hydrogen) atoms. The van der Waals surface area contributed by atoms with Crippen molar-refractivity contribution < 1.29 is 19.1 Å². The minimum absolute atomic E-state index is 0.268. The van der Waals surface area contributed by atoms with E-state index in [1.807, 2.05) is 18.2 Å². The zero-order valence-corrected chi connectivity index (χ0v) is 13.2. The Morgan fingerprint density at radius 3 is 2.54 bits per heavy atom. The van der Waals surface area contributed by atoms with E-state index in [9.17, 15) is 9.59 Å². The van der Waals surface area contributed by atoms with Crippen molar-refractivity contribution in [3.8, 4) is 5.75 Å². The van der Waals surface area contributed by atoms with Crippen molar-refractivity contribution in [3.05, 3.63) is 65.2 Å². The van der Waals surface area contributed by atoms with Gasteiger partial charge in [-0.15, -0.1) is 0 Å². The predicted molar refractivity (Wildman–Crippen MR) is 88.4 cm³/mol. The van der Waals surface area contributed by atoms with Gasteiger partial charge in [0.15, 0.2) is 6.61 Å². The molecule has 0 aromatic heterocycles. The van der Waals surface area contributed by atoms with E-state index >= 15 is 0 Å². The summed E-state index contributed by atoms with van der Waals surface area (Å²) >= 11 is 0. The number of benzene rings is 2. The van der Waals surface area contributed by atoms with Gasteiger partial charge in [0, 0.05) is 5.56 Å². The van der Waals surface area contributed by atoms with E-state index in [1.54, 1.807) is 30.3 Å². The lowest BCUT2D eigenvalue weighted by Crippen LogP contribution is -2.28. The fourth-order valence-corrected chi connectivity index (χ4v) is 2.86. The summed E-state index contributed by atoms with van der Waals surface area (Å²) in [6, 6.07) is 14.5. The van der Waals surface area contributed by atoms with Gasteiger partial charge >= 0.3 is 5.97 Å². The van der Waals surface area contributed by atoms with Crippen LogP contribution in [0.5, 0.6) is 5.75 Å². The van der Waals surface area contributed by atoms with Gasteiger partial charge < -0.3 is 15.2 Å². The summed E-state index contributed by atoms with van der Waals surface area (Å²) in [5.74, 6) is -0.724. The summed E-state index contributed by atoms with van der Waals surface area (Å²) in [6.45, 7) is -0.268. The number of carbonyl (C=O) groups is 2. The molecule has 1 aliphatic rings. The number of primary amides is 1. The molecule has 2 aromatic carbocycles. The molecule has 0 fully saturated rings. The SMILES string of the molecule is NC(=O)[C@@H](OC(=O)COc1ccc2c(c1)CCC2)c1ccccc1. The molecule has 3 rings (SSSR count). The number of esters is 1. The van der Waals surface area contributed by atoms with Gasteiger partial charge in [-0.25, -0.2) is 4.79 Å². The van der Waals surface area contributed by atoms with Crippen LogP contribution in [0.4, 0.5) is 0 Å². The number of fused-ring (bicyclic) bond motifs is 1. The zero-order chi connectivity index (χ0) is 16.9. The molecule has 0 radical (unpaired) electrons. The Bertz CT molecular complexity index is 742. The number of hydrogen-bond donors (Lipinski definition) is 1. The maximum atomic E-state index is 12.0. The molecule has 2 aromatic rings. The van der Waals surface area contributed by atoms with E-state index in [4.69, 9.17) is 15.2 Å². The molecule has 2 N–H and O–H groups in total. The lowest BCUT2D eigenvalue weighted by molar-refractivity contribution is -0.157. The fourth-order valence-electron chi connectivity index (χ4n) is 2.86. The van der Waals surface area contributed by atoms with Crippen LogP contribution >= 0.6 is 0 Å². The van der Waals surface area contributed by atoms with Gasteiger partial charge in [0.1, 0.15) is 5.75 Å². The second-order valence-electron chi connectivity index (χ2n) is 5.76. The Balaban J connectivity index is 1.59. The van der Waals surface area contributed by atoms with Crippen molar-refractivity contribution in [1.82, 2.24) is 0 Å². The number of ether oxygens (including phenoxy) is 2. The average molecular weight is 325 g/mol. The molecular formula is C19H19NO4. The molecule has 124 valence electrons. The molecule has 0 unspecified atom stereocenters. The highest BCUT2D eigenvalue weighted by Gasteiger charge is 2.22. The molecule has 5 heteroatoms. The van der Waals surface area contributed by atoms with Crippen LogP contribution in [0.3, 0.4) is 0 Å². The molecule has 0 aliphatic heterocycles. The highest BCUT2D eigenvalue weighted by atomic mass is 16.6. The summed E-state index contributed by atoms with van der Waals surface area (Å²) < 4.78 is 10.7. The van der Waals surface area contributed by atoms with Gasteiger partial charge in [-0.1, -0.05) is 36.4 Å². The molecule has 1 aliphatic carbocycles. The van der Waals surface area contributed by atoms with Crippen LogP contribution in [0, 0.1) is 0 Å². The number of aryl methyl sites for hydroxylation is 2. The van der Waals surface area contributed by atoms with E-state index in [-0.39, 0.29) is 6.61 Å². The molecule has 0 saturated heterocycles. The predicted octanol–water partition coefficient (Wildman–Crippen LogP) is 2.32. The summed E-state index contributed by atoms with van der Waals surface area (Å²) in [6.07, 6.45) is 2.17. The highest BCUT2D eigenvalue weighted by molar-refractivity contribution is 5.83. The molecule has 5 nitrogen and oxygen atoms in total. The quantitative estimate of drug-likeness (QED) is 0.827. The number of rotatable bonds is 6. The third kappa shape index (κ3) is 3.74. The van der Waals surface area contributed by atoms with E-state index < -0.39 is 18.0 Å². The first kappa shape index (κ1) is 16.1. The van der Waals surface area contributed by atoms with E-state index in [1.165, 1.54) is 11.1 Å². The minimum Gasteiger partial charge on any atom is -0.482 e. The van der Waals surface area contributed by atoms with Gasteiger partial charge in [0.05, 0.1) is 0 Å². The van der Waals surface area contributed by atoms with Crippen molar-refractivity contribution >= 4 is 11.9 Å². The average Bonchev–Trinajstić information content (AvgIpc) is 3.06. The van der Waals surface area contributed by atoms with Crippen molar-refractivity contribution in [2.75, 3.05) is 6.61 Å². The standard InChI is InChI=1S/C19H19NO4/c20-19(22)18(14-5-2-1-3-6-14)24-17(21)12-23-16-10-9-13-7-4-8-15(13)11-16/h1-3,5-6,9-11,18H,4,7-8,12H2,(H2,20,22)/t18-/m0/s1. The number of hydrogen-bond acceptors (Lipinski definition) is 4. The van der Waals surface area contributed by atoms with Crippen LogP contribution in [-0.4, -0.2) is 18.5 Å². The van der Waals surface area contributed by atoms with E-state index in [2.05, 4.69) is 0 Å². The molecule has 0 spiro atoms. The lowest BCUT2D eigenvalue weighted by atomic mass is 10.1. The largest absolute Gasteiger partial charge is 0.482 e. The van der Waals surface area contributed by atoms with Gasteiger partial charge in [0.25, 0.3) is 5.91 Å². The normalized spacial score (nSPS) is 13.8. The molecular weight excluding hydrogens is 306 g/mol. The Morgan fingerprint density at radius 2 is 1.79 bits per heavy atom. The monoisotopic (exact) mass is 325 g/mol. The third-order valence-electron chi connectivity index (χ3n) is 4.04. The molecule has 0 saturated carbocycles. The third-order valence-corrected chi connectivity index (χ3v) is 4.04. The number of nitrogens with two attached hydrogens (primary N) is 1. The van der Waals surface area contributed by atoms with Crippen LogP contribution in [0.15, 0.2) is 48.5 Å². The van der Waals surface area contributed by atoms with Crippen molar-refractivity contribution in [2.45, 2.75) is 25.4 Å². The van der Waals surface area contributed by atoms with Gasteiger partial charge in [-0.2, -0.15) is 0 Å². The van der Waals surface area contributed by atoms with Gasteiger partial charge in [0.2, 0.25) is 6.10 Å². The van der Waals surface area contributed by atoms with E-state index in [0.29, 0.717) is 11.3 Å². The molecule has 0 bridgehead atoms. The first-order chi connectivity index (χ1) is 11.6. The lowest BCUT2D eigenvalue weighted by Gasteiger charge is -2.15. The zero-order valence-electron chi connectivity index (χ0n) is 13.2. The second-order valence-corrected chi connectivity index (χ2v) is 5.76. The van der Waals surface area contributed by atoms with Crippen molar-refractivity contribution in [1.29, 1.82) is 0 Å². The first-order valence-electron chi connectivity index (χ1n) is 7.92. The summed E-state index contributed by atoms with van der Waals surface area (Å²) in [5, 5.41) is 0. The highest BCUT2D eigenvalue weighted by Crippen LogP contribution is 2.26. The molecule has 0 heterocycles. The van der Waals surface area contributed by atoms with Crippen LogP contribution in [0.25, 0.3) is 0 Å². The summed E-state index contributed by atoms with van der Waals surface area (Å²) in [4.78, 5) is 23.5. The summed E-state index contributed by atoms with van der Waals surface area (Å²) in [7, 11) is 0. The maximum Gasteiger partial charge on any atom is 0.345 e.